The summed E-state index contributed by atoms with van der Waals surface area (Å²) in [6.45, 7) is 2.31. The van der Waals surface area contributed by atoms with Crippen LogP contribution in [0.4, 0.5) is 0 Å². The fourth-order valence-electron chi connectivity index (χ4n) is 2.92. The van der Waals surface area contributed by atoms with Crippen LogP contribution in [0, 0.1) is 0 Å². The number of aryl methyl sites for hydroxylation is 1. The maximum absolute atomic E-state index is 12.3. The molecule has 3 aromatic rings. The van der Waals surface area contributed by atoms with E-state index in [0.717, 1.165) is 23.1 Å². The third-order valence-corrected chi connectivity index (χ3v) is 5.46. The number of halogens is 2. The SMILES string of the molecule is CCc1ccc(-c2ccc(C(=O)NCC(=O)NCc3ccc(Cl)c(Cl)c3)cc2)cc1. The van der Waals surface area contributed by atoms with Crippen LogP contribution in [0.15, 0.2) is 66.7 Å². The van der Waals surface area contributed by atoms with Crippen LogP contribution in [0.1, 0.15) is 28.4 Å². The van der Waals surface area contributed by atoms with Gasteiger partial charge in [-0.05, 0) is 52.9 Å². The molecule has 0 unspecified atom stereocenters. The van der Waals surface area contributed by atoms with E-state index in [1.165, 1.54) is 5.56 Å². The molecule has 0 atom stereocenters. The first kappa shape index (κ1) is 21.9. The van der Waals surface area contributed by atoms with Gasteiger partial charge >= 0.3 is 0 Å². The summed E-state index contributed by atoms with van der Waals surface area (Å²) in [5.41, 5.74) is 4.74. The molecule has 0 fully saturated rings. The zero-order chi connectivity index (χ0) is 21.5. The van der Waals surface area contributed by atoms with Gasteiger partial charge < -0.3 is 10.6 Å². The summed E-state index contributed by atoms with van der Waals surface area (Å²) in [4.78, 5) is 24.3. The van der Waals surface area contributed by atoms with Crippen LogP contribution in [0.5, 0.6) is 0 Å². The van der Waals surface area contributed by atoms with Gasteiger partial charge in [0.15, 0.2) is 0 Å². The Balaban J connectivity index is 1.50. The molecule has 2 N–H and O–H groups in total. The number of carbonyl (C=O) groups is 2. The average Bonchev–Trinajstić information content (AvgIpc) is 2.78. The third kappa shape index (κ3) is 5.85. The van der Waals surface area contributed by atoms with E-state index in [-0.39, 0.29) is 18.4 Å². The predicted molar refractivity (Wildman–Crippen MR) is 122 cm³/mol. The molecule has 3 aromatic carbocycles. The largest absolute Gasteiger partial charge is 0.350 e. The van der Waals surface area contributed by atoms with E-state index in [1.807, 2.05) is 12.1 Å². The molecule has 3 rings (SSSR count). The molecule has 0 aliphatic heterocycles. The van der Waals surface area contributed by atoms with E-state index in [4.69, 9.17) is 23.2 Å². The topological polar surface area (TPSA) is 58.2 Å². The van der Waals surface area contributed by atoms with Crippen molar-refractivity contribution in [3.63, 3.8) is 0 Å². The van der Waals surface area contributed by atoms with Crippen molar-refractivity contribution in [3.8, 4) is 11.1 Å². The Morgan fingerprint density at radius 1 is 0.767 bits per heavy atom. The lowest BCUT2D eigenvalue weighted by atomic mass is 10.0. The fourth-order valence-corrected chi connectivity index (χ4v) is 3.24. The van der Waals surface area contributed by atoms with Crippen molar-refractivity contribution in [2.45, 2.75) is 19.9 Å². The maximum Gasteiger partial charge on any atom is 0.251 e. The molecular weight excluding hydrogens is 419 g/mol. The molecule has 0 bridgehead atoms. The Morgan fingerprint density at radius 3 is 1.97 bits per heavy atom. The Hall–Kier alpha value is -2.82. The Bertz CT molecular complexity index is 1030. The molecule has 0 saturated carbocycles. The first-order chi connectivity index (χ1) is 14.5. The van der Waals surface area contributed by atoms with Gasteiger partial charge in [-0.1, -0.05) is 72.6 Å². The summed E-state index contributed by atoms with van der Waals surface area (Å²) in [6.07, 6.45) is 1.00. The zero-order valence-electron chi connectivity index (χ0n) is 16.5. The second kappa shape index (κ2) is 10.3. The smallest absolute Gasteiger partial charge is 0.251 e. The zero-order valence-corrected chi connectivity index (χ0v) is 18.1. The molecule has 0 saturated heterocycles. The second-order valence-electron chi connectivity index (χ2n) is 6.84. The molecule has 30 heavy (non-hydrogen) atoms. The van der Waals surface area contributed by atoms with Crippen LogP contribution < -0.4 is 10.6 Å². The van der Waals surface area contributed by atoms with E-state index in [2.05, 4.69) is 41.8 Å². The van der Waals surface area contributed by atoms with Crippen LogP contribution in [0.25, 0.3) is 11.1 Å². The Labute approximate surface area is 186 Å². The first-order valence-corrected chi connectivity index (χ1v) is 10.4. The molecular formula is C24H22Cl2N2O2. The molecule has 0 aliphatic rings. The van der Waals surface area contributed by atoms with Crippen molar-refractivity contribution in [2.75, 3.05) is 6.54 Å². The third-order valence-electron chi connectivity index (χ3n) is 4.73. The van der Waals surface area contributed by atoms with Crippen LogP contribution in [-0.4, -0.2) is 18.4 Å². The average molecular weight is 441 g/mol. The highest BCUT2D eigenvalue weighted by Crippen LogP contribution is 2.22. The molecule has 154 valence electrons. The van der Waals surface area contributed by atoms with Crippen molar-refractivity contribution in [1.29, 1.82) is 0 Å². The van der Waals surface area contributed by atoms with Crippen LogP contribution in [-0.2, 0) is 17.8 Å². The van der Waals surface area contributed by atoms with Gasteiger partial charge in [0.25, 0.3) is 5.91 Å². The molecule has 0 heterocycles. The van der Waals surface area contributed by atoms with Gasteiger partial charge in [-0.25, -0.2) is 0 Å². The van der Waals surface area contributed by atoms with E-state index >= 15 is 0 Å². The van der Waals surface area contributed by atoms with Gasteiger partial charge in [-0.2, -0.15) is 0 Å². The van der Waals surface area contributed by atoms with Gasteiger partial charge in [0.1, 0.15) is 0 Å². The van der Waals surface area contributed by atoms with Crippen molar-refractivity contribution < 1.29 is 9.59 Å². The highest BCUT2D eigenvalue weighted by atomic mass is 35.5. The highest BCUT2D eigenvalue weighted by molar-refractivity contribution is 6.42. The Kier molecular flexibility index (Phi) is 7.50. The van der Waals surface area contributed by atoms with Crippen molar-refractivity contribution in [3.05, 3.63) is 93.5 Å². The molecule has 0 spiro atoms. The van der Waals surface area contributed by atoms with E-state index in [0.29, 0.717) is 22.2 Å². The molecule has 6 heteroatoms. The lowest BCUT2D eigenvalue weighted by Gasteiger charge is -2.09. The Morgan fingerprint density at radius 2 is 1.37 bits per heavy atom. The van der Waals surface area contributed by atoms with Crippen molar-refractivity contribution >= 4 is 35.0 Å². The van der Waals surface area contributed by atoms with Crippen LogP contribution >= 0.6 is 23.2 Å². The summed E-state index contributed by atoms with van der Waals surface area (Å²) in [6, 6.07) is 20.8. The number of nitrogens with one attached hydrogen (secondary N) is 2. The van der Waals surface area contributed by atoms with Crippen LogP contribution in [0.3, 0.4) is 0 Å². The number of benzene rings is 3. The summed E-state index contributed by atoms with van der Waals surface area (Å²) in [7, 11) is 0. The standard InChI is InChI=1S/C24H22Cl2N2O2/c1-2-16-3-6-18(7-4-16)19-8-10-20(11-9-19)24(30)28-15-23(29)27-14-17-5-12-21(25)22(26)13-17/h3-13H,2,14-15H2,1H3,(H,27,29)(H,28,30). The molecule has 0 aromatic heterocycles. The molecule has 0 radical (unpaired) electrons. The summed E-state index contributed by atoms with van der Waals surface area (Å²) >= 11 is 11.8. The van der Waals surface area contributed by atoms with Crippen LogP contribution in [0.2, 0.25) is 10.0 Å². The first-order valence-electron chi connectivity index (χ1n) is 9.64. The number of hydrogen-bond donors (Lipinski definition) is 2. The minimum Gasteiger partial charge on any atom is -0.350 e. The van der Waals surface area contributed by atoms with Gasteiger partial charge in [-0.3, -0.25) is 9.59 Å². The van der Waals surface area contributed by atoms with E-state index in [9.17, 15) is 9.59 Å². The number of carbonyl (C=O) groups excluding carboxylic acids is 2. The van der Waals surface area contributed by atoms with Gasteiger partial charge in [0, 0.05) is 12.1 Å². The summed E-state index contributed by atoms with van der Waals surface area (Å²) in [5.74, 6) is -0.588. The molecule has 0 aliphatic carbocycles. The van der Waals surface area contributed by atoms with Crippen molar-refractivity contribution in [1.82, 2.24) is 10.6 Å². The normalized spacial score (nSPS) is 10.5. The molecule has 2 amide bonds. The minimum atomic E-state index is -0.299. The van der Waals surface area contributed by atoms with Crippen molar-refractivity contribution in [2.24, 2.45) is 0 Å². The summed E-state index contributed by atoms with van der Waals surface area (Å²) < 4.78 is 0. The monoisotopic (exact) mass is 440 g/mol. The number of amides is 2. The van der Waals surface area contributed by atoms with E-state index < -0.39 is 0 Å². The van der Waals surface area contributed by atoms with Gasteiger partial charge in [0.2, 0.25) is 5.91 Å². The van der Waals surface area contributed by atoms with Gasteiger partial charge in [-0.15, -0.1) is 0 Å². The fraction of sp³-hybridized carbons (Fsp3) is 0.167. The molecule has 4 nitrogen and oxygen atoms in total. The maximum atomic E-state index is 12.3. The van der Waals surface area contributed by atoms with Gasteiger partial charge in [0.05, 0.1) is 16.6 Å². The number of rotatable bonds is 7. The minimum absolute atomic E-state index is 0.111. The predicted octanol–water partition coefficient (Wildman–Crippen LogP) is 5.27. The lowest BCUT2D eigenvalue weighted by molar-refractivity contribution is -0.120. The van der Waals surface area contributed by atoms with E-state index in [1.54, 1.807) is 30.3 Å². The number of hydrogen-bond acceptors (Lipinski definition) is 2. The summed E-state index contributed by atoms with van der Waals surface area (Å²) in [5, 5.41) is 6.26. The second-order valence-corrected chi connectivity index (χ2v) is 7.65. The highest BCUT2D eigenvalue weighted by Gasteiger charge is 2.09. The lowest BCUT2D eigenvalue weighted by Crippen LogP contribution is -2.36. The quantitative estimate of drug-likeness (QED) is 0.525.